The summed E-state index contributed by atoms with van der Waals surface area (Å²) in [5.41, 5.74) is 3.30. The van der Waals surface area contributed by atoms with Crippen LogP contribution in [-0.4, -0.2) is 38.1 Å². The van der Waals surface area contributed by atoms with Gasteiger partial charge in [0, 0.05) is 6.54 Å². The van der Waals surface area contributed by atoms with E-state index in [0.29, 0.717) is 18.8 Å². The van der Waals surface area contributed by atoms with Gasteiger partial charge in [-0.2, -0.15) is 0 Å². The molecular formula is C15H18N4OS. The van der Waals surface area contributed by atoms with Gasteiger partial charge in [0.15, 0.2) is 0 Å². The van der Waals surface area contributed by atoms with E-state index in [4.69, 9.17) is 0 Å². The second kappa shape index (κ2) is 5.89. The van der Waals surface area contributed by atoms with Gasteiger partial charge in [-0.05, 0) is 19.4 Å². The van der Waals surface area contributed by atoms with Gasteiger partial charge in [0.05, 0.1) is 18.5 Å². The van der Waals surface area contributed by atoms with Crippen LogP contribution in [0.5, 0.6) is 0 Å². The predicted octanol–water partition coefficient (Wildman–Crippen LogP) is 2.23. The number of hydrogen-bond donors (Lipinski definition) is 0. The smallest absolute Gasteiger partial charge is 0.233 e. The highest BCUT2D eigenvalue weighted by Crippen LogP contribution is 2.37. The van der Waals surface area contributed by atoms with Crippen molar-refractivity contribution >= 4 is 17.7 Å². The molecule has 5 nitrogen and oxygen atoms in total. The molecule has 1 atom stereocenters. The highest BCUT2D eigenvalue weighted by atomic mass is 32.2. The average Bonchev–Trinajstić information content (AvgIpc) is 3.05. The average molecular weight is 302 g/mol. The normalized spacial score (nSPS) is 18.5. The van der Waals surface area contributed by atoms with Gasteiger partial charge in [0.1, 0.15) is 11.1 Å². The Morgan fingerprint density at radius 1 is 1.43 bits per heavy atom. The van der Waals surface area contributed by atoms with E-state index < -0.39 is 0 Å². The van der Waals surface area contributed by atoms with E-state index >= 15 is 0 Å². The summed E-state index contributed by atoms with van der Waals surface area (Å²) in [6.07, 6.45) is 1.95. The maximum atomic E-state index is 11.8. The lowest BCUT2D eigenvalue weighted by molar-refractivity contribution is -0.127. The molecule has 1 aliphatic heterocycles. The molecule has 0 N–H and O–H groups in total. The number of aromatic nitrogens is 3. The fourth-order valence-corrected chi connectivity index (χ4v) is 3.73. The molecule has 110 valence electrons. The Hall–Kier alpha value is -1.82. The molecule has 2 aromatic rings. The van der Waals surface area contributed by atoms with Crippen molar-refractivity contribution in [2.75, 3.05) is 12.3 Å². The number of aryl methyl sites for hydroxylation is 1. The van der Waals surface area contributed by atoms with Gasteiger partial charge in [0.2, 0.25) is 5.91 Å². The van der Waals surface area contributed by atoms with Crippen LogP contribution in [0, 0.1) is 6.92 Å². The number of thioether (sulfide) groups is 1. The van der Waals surface area contributed by atoms with Crippen LogP contribution < -0.4 is 0 Å². The molecule has 0 bridgehead atoms. The van der Waals surface area contributed by atoms with Crippen LogP contribution >= 0.6 is 11.8 Å². The highest BCUT2D eigenvalue weighted by molar-refractivity contribution is 8.00. The molecule has 1 aromatic carbocycles. The largest absolute Gasteiger partial charge is 0.324 e. The van der Waals surface area contributed by atoms with Gasteiger partial charge in [-0.3, -0.25) is 4.79 Å². The quantitative estimate of drug-likeness (QED) is 0.869. The minimum atomic E-state index is 0.00811. The van der Waals surface area contributed by atoms with E-state index in [2.05, 4.69) is 35.4 Å². The summed E-state index contributed by atoms with van der Waals surface area (Å²) in [6, 6.07) is 8.36. The molecule has 3 rings (SSSR count). The third-order valence-corrected chi connectivity index (χ3v) is 4.77. The molecular weight excluding hydrogens is 284 g/mol. The van der Waals surface area contributed by atoms with Crippen molar-refractivity contribution in [3.8, 4) is 0 Å². The lowest BCUT2D eigenvalue weighted by Gasteiger charge is -2.19. The van der Waals surface area contributed by atoms with Crippen molar-refractivity contribution in [3.63, 3.8) is 0 Å². The van der Waals surface area contributed by atoms with Gasteiger partial charge >= 0.3 is 0 Å². The molecule has 0 radical (unpaired) electrons. The van der Waals surface area contributed by atoms with Crippen LogP contribution in [0.1, 0.15) is 29.1 Å². The zero-order valence-electron chi connectivity index (χ0n) is 12.2. The molecule has 1 saturated heterocycles. The van der Waals surface area contributed by atoms with E-state index in [9.17, 15) is 4.79 Å². The molecule has 2 heterocycles. The molecule has 0 aliphatic carbocycles. The number of benzene rings is 1. The summed E-state index contributed by atoms with van der Waals surface area (Å²) in [7, 11) is 0. The number of carbonyl (C=O) groups excluding carboxylic acids is 1. The minimum Gasteiger partial charge on any atom is -0.324 e. The third-order valence-electron chi connectivity index (χ3n) is 3.55. The first-order valence-corrected chi connectivity index (χ1v) is 8.09. The fourth-order valence-electron chi connectivity index (χ4n) is 2.54. The summed E-state index contributed by atoms with van der Waals surface area (Å²) in [6.45, 7) is 5.48. The second-order valence-electron chi connectivity index (χ2n) is 5.17. The number of rotatable bonds is 4. The predicted molar refractivity (Wildman–Crippen MR) is 82.9 cm³/mol. The number of carbonyl (C=O) groups is 1. The Labute approximate surface area is 128 Å². The second-order valence-corrected chi connectivity index (χ2v) is 6.24. The Bertz CT molecular complexity index is 655. The number of nitrogens with zero attached hydrogens (tertiary/aromatic N) is 4. The van der Waals surface area contributed by atoms with Gasteiger partial charge in [-0.15, -0.1) is 16.9 Å². The van der Waals surface area contributed by atoms with E-state index in [1.165, 1.54) is 11.1 Å². The third kappa shape index (κ3) is 2.95. The maximum Gasteiger partial charge on any atom is 0.233 e. The molecule has 1 amide bonds. The Morgan fingerprint density at radius 3 is 3.05 bits per heavy atom. The Morgan fingerprint density at radius 2 is 2.29 bits per heavy atom. The molecule has 1 unspecified atom stereocenters. The maximum absolute atomic E-state index is 11.8. The monoisotopic (exact) mass is 302 g/mol. The van der Waals surface area contributed by atoms with Crippen LogP contribution in [0.25, 0.3) is 0 Å². The van der Waals surface area contributed by atoms with Gasteiger partial charge in [0.25, 0.3) is 0 Å². The summed E-state index contributed by atoms with van der Waals surface area (Å²) >= 11 is 1.62. The minimum absolute atomic E-state index is 0.00811. The summed E-state index contributed by atoms with van der Waals surface area (Å²) in [5.74, 6) is 0.712. The van der Waals surface area contributed by atoms with Crippen molar-refractivity contribution in [1.29, 1.82) is 0 Å². The molecule has 1 aliphatic rings. The zero-order chi connectivity index (χ0) is 14.8. The topological polar surface area (TPSA) is 51.0 Å². The highest BCUT2D eigenvalue weighted by Gasteiger charge is 2.33. The Balaban J connectivity index is 1.76. The van der Waals surface area contributed by atoms with E-state index in [-0.39, 0.29) is 11.3 Å². The molecule has 0 spiro atoms. The van der Waals surface area contributed by atoms with Crippen LogP contribution in [0.4, 0.5) is 0 Å². The first-order chi connectivity index (χ1) is 10.2. The number of amides is 1. The van der Waals surface area contributed by atoms with Crippen molar-refractivity contribution < 1.29 is 4.79 Å². The lowest BCUT2D eigenvalue weighted by atomic mass is 10.1. The van der Waals surface area contributed by atoms with E-state index in [0.717, 1.165) is 5.69 Å². The van der Waals surface area contributed by atoms with Gasteiger partial charge in [-0.25, -0.2) is 4.68 Å². The van der Waals surface area contributed by atoms with Crippen LogP contribution in [0.3, 0.4) is 0 Å². The van der Waals surface area contributed by atoms with Crippen molar-refractivity contribution in [2.24, 2.45) is 0 Å². The van der Waals surface area contributed by atoms with Gasteiger partial charge in [-0.1, -0.05) is 35.0 Å². The van der Waals surface area contributed by atoms with Crippen LogP contribution in [-0.2, 0) is 11.3 Å². The van der Waals surface area contributed by atoms with Crippen LogP contribution in [0.15, 0.2) is 30.5 Å². The summed E-state index contributed by atoms with van der Waals surface area (Å²) in [5, 5.41) is 8.45. The lowest BCUT2D eigenvalue weighted by Crippen LogP contribution is -2.27. The molecule has 0 saturated carbocycles. The summed E-state index contributed by atoms with van der Waals surface area (Å²) in [4.78, 5) is 13.6. The first kappa shape index (κ1) is 14.1. The Kier molecular flexibility index (Phi) is 3.96. The molecule has 21 heavy (non-hydrogen) atoms. The number of hydrogen-bond acceptors (Lipinski definition) is 4. The van der Waals surface area contributed by atoms with Crippen LogP contribution in [0.2, 0.25) is 0 Å². The van der Waals surface area contributed by atoms with E-state index in [1.54, 1.807) is 11.8 Å². The van der Waals surface area contributed by atoms with Gasteiger partial charge < -0.3 is 4.90 Å². The molecule has 1 aromatic heterocycles. The summed E-state index contributed by atoms with van der Waals surface area (Å²) < 4.78 is 1.83. The van der Waals surface area contributed by atoms with E-state index in [1.807, 2.05) is 28.8 Å². The van der Waals surface area contributed by atoms with Crippen molar-refractivity contribution in [2.45, 2.75) is 25.8 Å². The van der Waals surface area contributed by atoms with Crippen molar-refractivity contribution in [3.05, 3.63) is 47.3 Å². The first-order valence-electron chi connectivity index (χ1n) is 7.04. The zero-order valence-corrected chi connectivity index (χ0v) is 13.0. The SMILES string of the molecule is CCN1C(=O)CSC1c1cn(Cc2cccc(C)c2)nn1. The fraction of sp³-hybridized carbons (Fsp3) is 0.400. The van der Waals surface area contributed by atoms with Crippen molar-refractivity contribution in [1.82, 2.24) is 19.9 Å². The molecule has 6 heteroatoms. The molecule has 1 fully saturated rings. The standard InChI is InChI=1S/C15H18N4OS/c1-3-19-14(20)10-21-15(19)13-9-18(17-16-13)8-12-6-4-5-11(2)7-12/h4-7,9,15H,3,8,10H2,1-2H3.